The summed E-state index contributed by atoms with van der Waals surface area (Å²) in [6.07, 6.45) is -5.33. The van der Waals surface area contributed by atoms with Crippen molar-refractivity contribution in [1.82, 2.24) is 15.3 Å². The first kappa shape index (κ1) is 29.1. The maximum Gasteiger partial charge on any atom is 0.424 e. The Morgan fingerprint density at radius 1 is 1.10 bits per heavy atom. The van der Waals surface area contributed by atoms with Crippen LogP contribution in [0.4, 0.5) is 17.6 Å². The normalized spacial score (nSPS) is 17.7. The van der Waals surface area contributed by atoms with Crippen LogP contribution in [-0.4, -0.2) is 46.2 Å². The zero-order valence-electron chi connectivity index (χ0n) is 22.3. The molecule has 2 aromatic carbocycles. The first-order valence-corrected chi connectivity index (χ1v) is 13.4. The molecule has 0 fully saturated rings. The van der Waals surface area contributed by atoms with E-state index >= 15 is 0 Å². The van der Waals surface area contributed by atoms with Crippen LogP contribution in [0.5, 0.6) is 5.75 Å². The summed E-state index contributed by atoms with van der Waals surface area (Å²) in [5.74, 6) is -2.37. The summed E-state index contributed by atoms with van der Waals surface area (Å²) in [4.78, 5) is 33.9. The minimum Gasteiger partial charge on any atom is -0.489 e. The van der Waals surface area contributed by atoms with Gasteiger partial charge in [0, 0.05) is 16.7 Å². The van der Waals surface area contributed by atoms with Gasteiger partial charge in [-0.15, -0.1) is 11.3 Å². The number of carbonyl (C=O) groups excluding carboxylic acids is 2. The Morgan fingerprint density at radius 2 is 1.76 bits per heavy atom. The lowest BCUT2D eigenvalue weighted by molar-refractivity contribution is -0.265. The van der Waals surface area contributed by atoms with E-state index in [1.807, 2.05) is 6.07 Å². The molecule has 1 unspecified atom stereocenters. The molecule has 13 heteroatoms. The highest BCUT2D eigenvalue weighted by Crippen LogP contribution is 2.47. The first-order chi connectivity index (χ1) is 19.7. The Morgan fingerprint density at radius 3 is 2.38 bits per heavy atom. The van der Waals surface area contributed by atoms with Crippen LogP contribution >= 0.6 is 11.3 Å². The van der Waals surface area contributed by atoms with Crippen LogP contribution < -0.4 is 15.8 Å². The number of benzene rings is 2. The molecule has 2 atom stereocenters. The van der Waals surface area contributed by atoms with Crippen molar-refractivity contribution in [2.45, 2.75) is 31.0 Å². The monoisotopic (exact) mass is 600 g/mol. The third-order valence-corrected chi connectivity index (χ3v) is 8.36. The molecule has 2 amide bonds. The lowest BCUT2D eigenvalue weighted by atomic mass is 9.81. The van der Waals surface area contributed by atoms with Crippen LogP contribution in [0, 0.1) is 12.7 Å². The Kier molecular flexibility index (Phi) is 7.27. The second kappa shape index (κ2) is 10.5. The van der Waals surface area contributed by atoms with Crippen molar-refractivity contribution < 1.29 is 37.0 Å². The molecule has 4 aromatic rings. The number of fused-ring (bicyclic) bond motifs is 1. The number of nitrogens with zero attached hydrogens (tertiary/aromatic N) is 2. The highest BCUT2D eigenvalue weighted by Gasteiger charge is 2.57. The number of nitrogens with one attached hydrogen (secondary N) is 1. The number of nitrogens with two attached hydrogens (primary N) is 1. The van der Waals surface area contributed by atoms with Gasteiger partial charge < -0.3 is 20.9 Å². The number of hydrogen-bond donors (Lipinski definition) is 3. The van der Waals surface area contributed by atoms with Crippen LogP contribution in [0.2, 0.25) is 0 Å². The number of ether oxygens (including phenoxy) is 1. The molecule has 8 nitrogen and oxygen atoms in total. The van der Waals surface area contributed by atoms with E-state index in [0.29, 0.717) is 10.7 Å². The molecule has 0 saturated carbocycles. The van der Waals surface area contributed by atoms with E-state index in [1.54, 1.807) is 31.2 Å². The molecule has 218 valence electrons. The van der Waals surface area contributed by atoms with Crippen LogP contribution in [0.25, 0.3) is 21.8 Å². The molecular weight excluding hydrogens is 576 g/mol. The smallest absolute Gasteiger partial charge is 0.424 e. The second-order valence-electron chi connectivity index (χ2n) is 10.1. The number of amides is 2. The van der Waals surface area contributed by atoms with E-state index in [9.17, 15) is 32.3 Å². The van der Waals surface area contributed by atoms with Crippen LogP contribution in [0.3, 0.4) is 0 Å². The lowest BCUT2D eigenvalue weighted by Gasteiger charge is -2.31. The van der Waals surface area contributed by atoms with Crippen molar-refractivity contribution in [2.24, 2.45) is 5.73 Å². The van der Waals surface area contributed by atoms with E-state index in [4.69, 9.17) is 10.5 Å². The summed E-state index contributed by atoms with van der Waals surface area (Å²) in [7, 11) is 0. The summed E-state index contributed by atoms with van der Waals surface area (Å²) >= 11 is 0.995. The second-order valence-corrected chi connectivity index (χ2v) is 11.1. The Hall–Kier alpha value is -4.36. The number of alkyl halides is 3. The molecular formula is C29H24F4N4O4S. The van der Waals surface area contributed by atoms with E-state index in [1.165, 1.54) is 19.1 Å². The molecule has 3 heterocycles. The number of aryl methyl sites for hydroxylation is 1. The minimum absolute atomic E-state index is 0.0195. The van der Waals surface area contributed by atoms with Gasteiger partial charge in [0.25, 0.3) is 5.91 Å². The van der Waals surface area contributed by atoms with Gasteiger partial charge in [0.2, 0.25) is 11.5 Å². The zero-order chi connectivity index (χ0) is 30.4. The number of halogens is 4. The summed E-state index contributed by atoms with van der Waals surface area (Å²) in [6, 6.07) is 14.6. The molecule has 0 radical (unpaired) electrons. The highest BCUT2D eigenvalue weighted by atomic mass is 32.1. The number of carbonyl (C=O) groups is 2. The Bertz CT molecular complexity index is 1680. The van der Waals surface area contributed by atoms with Crippen LogP contribution in [0.15, 0.2) is 60.7 Å². The van der Waals surface area contributed by atoms with Crippen LogP contribution in [0.1, 0.15) is 33.5 Å². The predicted octanol–water partition coefficient (Wildman–Crippen LogP) is 4.63. The number of pyridine rings is 1. The predicted molar refractivity (Wildman–Crippen MR) is 146 cm³/mol. The fraction of sp³-hybridized carbons (Fsp3) is 0.241. The molecule has 0 spiro atoms. The largest absolute Gasteiger partial charge is 0.489 e. The molecule has 1 aliphatic rings. The van der Waals surface area contributed by atoms with Crippen molar-refractivity contribution in [3.05, 3.63) is 88.3 Å². The van der Waals surface area contributed by atoms with Gasteiger partial charge in [0.05, 0.1) is 17.9 Å². The van der Waals surface area contributed by atoms with Gasteiger partial charge >= 0.3 is 6.18 Å². The Balaban J connectivity index is 1.56. The topological polar surface area (TPSA) is 127 Å². The fourth-order valence-electron chi connectivity index (χ4n) is 4.54. The number of hydrogen-bond acceptors (Lipinski definition) is 7. The van der Waals surface area contributed by atoms with E-state index in [-0.39, 0.29) is 34.1 Å². The van der Waals surface area contributed by atoms with E-state index in [2.05, 4.69) is 15.3 Å². The molecule has 4 N–H and O–H groups in total. The number of aliphatic hydroxyl groups is 1. The molecule has 0 saturated heterocycles. The van der Waals surface area contributed by atoms with Gasteiger partial charge in [0.1, 0.15) is 39.2 Å². The molecule has 0 bridgehead atoms. The Labute approximate surface area is 241 Å². The van der Waals surface area contributed by atoms with Crippen molar-refractivity contribution in [1.29, 1.82) is 0 Å². The van der Waals surface area contributed by atoms with Crippen molar-refractivity contribution >= 4 is 23.2 Å². The lowest BCUT2D eigenvalue weighted by Crippen LogP contribution is -2.51. The first-order valence-electron chi connectivity index (χ1n) is 12.6. The quantitative estimate of drug-likeness (QED) is 0.266. The fourth-order valence-corrected chi connectivity index (χ4v) is 5.53. The SMILES string of the molecule is Cc1nc(-c2ccccc2)sc1C(=O)NCC(O)(c1cc2c(c(-c3ccc(F)cc3)n1)OC[C@]2(C)C(N)=O)C(F)(F)F. The number of aromatic nitrogens is 2. The zero-order valence-corrected chi connectivity index (χ0v) is 23.1. The number of primary amides is 1. The summed E-state index contributed by atoms with van der Waals surface area (Å²) in [5, 5.41) is 13.9. The maximum absolute atomic E-state index is 14.6. The highest BCUT2D eigenvalue weighted by molar-refractivity contribution is 7.17. The van der Waals surface area contributed by atoms with Gasteiger partial charge in [0.15, 0.2) is 0 Å². The van der Waals surface area contributed by atoms with Gasteiger partial charge in [-0.1, -0.05) is 30.3 Å². The standard InChI is InChI=1S/C29H24F4N4O4S/c1-15-23(42-25(36-15)17-6-4-3-5-7-17)24(38)35-13-28(40,29(31,32)33)20-12-19-22(41-14-27(19,2)26(34)39)21(37-20)16-8-10-18(30)11-9-16/h3-12,40H,13-14H2,1-2H3,(H2,34,39)(H,35,38)/t27-,28?/m0/s1. The van der Waals surface area contributed by atoms with Gasteiger partial charge in [-0.3, -0.25) is 9.59 Å². The third-order valence-electron chi connectivity index (χ3n) is 7.16. The van der Waals surface area contributed by atoms with E-state index in [0.717, 1.165) is 35.1 Å². The van der Waals surface area contributed by atoms with Gasteiger partial charge in [-0.2, -0.15) is 13.2 Å². The van der Waals surface area contributed by atoms with Crippen molar-refractivity contribution in [3.8, 4) is 27.6 Å². The van der Waals surface area contributed by atoms with Crippen LogP contribution in [-0.2, 0) is 15.8 Å². The molecule has 42 heavy (non-hydrogen) atoms. The van der Waals surface area contributed by atoms with Crippen molar-refractivity contribution in [3.63, 3.8) is 0 Å². The third kappa shape index (κ3) is 4.98. The molecule has 2 aromatic heterocycles. The van der Waals surface area contributed by atoms with Gasteiger partial charge in [-0.25, -0.2) is 14.4 Å². The average molecular weight is 601 g/mol. The van der Waals surface area contributed by atoms with Crippen molar-refractivity contribution in [2.75, 3.05) is 13.2 Å². The average Bonchev–Trinajstić information content (AvgIpc) is 3.52. The molecule has 1 aliphatic heterocycles. The number of rotatable bonds is 7. The maximum atomic E-state index is 14.6. The number of thiazole rings is 1. The summed E-state index contributed by atoms with van der Waals surface area (Å²) < 4.78 is 63.1. The summed E-state index contributed by atoms with van der Waals surface area (Å²) in [5.41, 5.74) is 0.444. The van der Waals surface area contributed by atoms with E-state index < -0.39 is 47.1 Å². The summed E-state index contributed by atoms with van der Waals surface area (Å²) in [6.45, 7) is 1.35. The van der Waals surface area contributed by atoms with Gasteiger partial charge in [-0.05, 0) is 44.2 Å². The molecule has 0 aliphatic carbocycles. The molecule has 5 rings (SSSR count). The minimum atomic E-state index is -5.33.